The Morgan fingerprint density at radius 2 is 2.16 bits per heavy atom. The van der Waals surface area contributed by atoms with Crippen LogP contribution in [0, 0.1) is 6.92 Å². The van der Waals surface area contributed by atoms with Gasteiger partial charge < -0.3 is 5.11 Å². The largest absolute Gasteiger partial charge is 0.394 e. The summed E-state index contributed by atoms with van der Waals surface area (Å²) in [6.45, 7) is 1.97. The van der Waals surface area contributed by atoms with E-state index >= 15 is 0 Å². The Kier molecular flexibility index (Phi) is 3.82. The number of hydrogen-bond donors (Lipinski definition) is 2. The number of nitrogens with zero attached hydrogens (tertiary/aromatic N) is 3. The fourth-order valence-corrected chi connectivity index (χ4v) is 2.45. The van der Waals surface area contributed by atoms with E-state index in [1.165, 1.54) is 23.3 Å². The predicted molar refractivity (Wildman–Crippen MR) is 69.1 cm³/mol. The van der Waals surface area contributed by atoms with E-state index in [1.807, 2.05) is 6.92 Å². The number of aromatic nitrogens is 3. The first kappa shape index (κ1) is 13.5. The molecule has 7 nitrogen and oxygen atoms in total. The van der Waals surface area contributed by atoms with Crippen molar-refractivity contribution in [1.29, 1.82) is 0 Å². The SMILES string of the molecule is Cc1ccc(NS(=O)(=O)c2cnn(CCO)c2)cn1. The summed E-state index contributed by atoms with van der Waals surface area (Å²) >= 11 is 0. The number of aliphatic hydroxyl groups is 1. The number of pyridine rings is 1. The summed E-state index contributed by atoms with van der Waals surface area (Å²) in [6, 6.07) is 3.35. The van der Waals surface area contributed by atoms with E-state index in [9.17, 15) is 8.42 Å². The van der Waals surface area contributed by atoms with Crippen LogP contribution in [0.2, 0.25) is 0 Å². The monoisotopic (exact) mass is 282 g/mol. The van der Waals surface area contributed by atoms with Crippen LogP contribution in [0.15, 0.2) is 35.6 Å². The van der Waals surface area contributed by atoms with Crippen LogP contribution < -0.4 is 4.72 Å². The summed E-state index contributed by atoms with van der Waals surface area (Å²) in [6.07, 6.45) is 4.05. The molecule has 0 atom stereocenters. The number of nitrogens with one attached hydrogen (secondary N) is 1. The van der Waals surface area contributed by atoms with Crippen molar-refractivity contribution in [2.45, 2.75) is 18.4 Å². The molecule has 0 aliphatic heterocycles. The summed E-state index contributed by atoms with van der Waals surface area (Å²) in [7, 11) is -3.68. The Labute approximate surface area is 111 Å². The van der Waals surface area contributed by atoms with Gasteiger partial charge >= 0.3 is 0 Å². The number of sulfonamides is 1. The van der Waals surface area contributed by atoms with E-state index in [-0.39, 0.29) is 18.0 Å². The second-order valence-corrected chi connectivity index (χ2v) is 5.64. The predicted octanol–water partition coefficient (Wildman–Crippen LogP) is 0.380. The van der Waals surface area contributed by atoms with Crippen molar-refractivity contribution in [3.63, 3.8) is 0 Å². The number of aryl methyl sites for hydroxylation is 1. The maximum atomic E-state index is 12.0. The van der Waals surface area contributed by atoms with Crippen molar-refractivity contribution in [3.05, 3.63) is 36.4 Å². The van der Waals surface area contributed by atoms with Crippen LogP contribution in [0.5, 0.6) is 0 Å². The molecule has 2 heterocycles. The normalized spacial score (nSPS) is 11.5. The Morgan fingerprint density at radius 1 is 1.37 bits per heavy atom. The highest BCUT2D eigenvalue weighted by Gasteiger charge is 2.16. The molecule has 2 aromatic rings. The molecule has 2 N–H and O–H groups in total. The summed E-state index contributed by atoms with van der Waals surface area (Å²) in [5.74, 6) is 0. The average Bonchev–Trinajstić information content (AvgIpc) is 2.82. The lowest BCUT2D eigenvalue weighted by Crippen LogP contribution is -2.12. The van der Waals surface area contributed by atoms with Gasteiger partial charge in [0, 0.05) is 11.9 Å². The van der Waals surface area contributed by atoms with Gasteiger partial charge in [-0.05, 0) is 19.1 Å². The molecule has 0 radical (unpaired) electrons. The van der Waals surface area contributed by atoms with Gasteiger partial charge in [0.15, 0.2) is 0 Å². The smallest absolute Gasteiger partial charge is 0.265 e. The topological polar surface area (TPSA) is 97.1 Å². The molecule has 0 aromatic carbocycles. The van der Waals surface area contributed by atoms with Crippen LogP contribution in [0.4, 0.5) is 5.69 Å². The Morgan fingerprint density at radius 3 is 2.79 bits per heavy atom. The maximum absolute atomic E-state index is 12.0. The first-order valence-corrected chi connectivity index (χ1v) is 7.08. The van der Waals surface area contributed by atoms with Crippen LogP contribution in [-0.2, 0) is 16.6 Å². The van der Waals surface area contributed by atoms with Gasteiger partial charge in [-0.1, -0.05) is 0 Å². The summed E-state index contributed by atoms with van der Waals surface area (Å²) < 4.78 is 27.9. The minimum atomic E-state index is -3.68. The molecule has 2 rings (SSSR count). The molecule has 19 heavy (non-hydrogen) atoms. The highest BCUT2D eigenvalue weighted by Crippen LogP contribution is 2.14. The van der Waals surface area contributed by atoms with E-state index in [4.69, 9.17) is 5.11 Å². The van der Waals surface area contributed by atoms with Gasteiger partial charge in [-0.2, -0.15) is 5.10 Å². The third-order valence-electron chi connectivity index (χ3n) is 2.41. The van der Waals surface area contributed by atoms with E-state index in [0.29, 0.717) is 5.69 Å². The van der Waals surface area contributed by atoms with Gasteiger partial charge in [0.2, 0.25) is 0 Å². The van der Waals surface area contributed by atoms with Gasteiger partial charge in [0.05, 0.1) is 31.2 Å². The van der Waals surface area contributed by atoms with Crippen LogP contribution in [0.3, 0.4) is 0 Å². The lowest BCUT2D eigenvalue weighted by Gasteiger charge is -2.05. The van der Waals surface area contributed by atoms with E-state index in [0.717, 1.165) is 5.69 Å². The third kappa shape index (κ3) is 3.30. The van der Waals surface area contributed by atoms with E-state index < -0.39 is 10.0 Å². The molecule has 0 saturated carbocycles. The van der Waals surface area contributed by atoms with Crippen LogP contribution in [0.1, 0.15) is 5.69 Å². The van der Waals surface area contributed by atoms with Crippen molar-refractivity contribution < 1.29 is 13.5 Å². The van der Waals surface area contributed by atoms with Crippen molar-refractivity contribution in [2.75, 3.05) is 11.3 Å². The molecule has 0 aliphatic carbocycles. The molecule has 0 aliphatic rings. The highest BCUT2D eigenvalue weighted by molar-refractivity contribution is 7.92. The van der Waals surface area contributed by atoms with E-state index in [1.54, 1.807) is 12.1 Å². The molecule has 2 aromatic heterocycles. The number of anilines is 1. The van der Waals surface area contributed by atoms with Gasteiger partial charge in [-0.3, -0.25) is 14.4 Å². The molecular weight excluding hydrogens is 268 g/mol. The standard InChI is InChI=1S/C11H14N4O3S/c1-9-2-3-10(6-12-9)14-19(17,18)11-7-13-15(8-11)4-5-16/h2-3,6-8,14,16H,4-5H2,1H3. The fourth-order valence-electron chi connectivity index (χ4n) is 1.45. The number of rotatable bonds is 5. The van der Waals surface area contributed by atoms with Crippen LogP contribution in [0.25, 0.3) is 0 Å². The molecule has 0 amide bonds. The van der Waals surface area contributed by atoms with Crippen molar-refractivity contribution in [1.82, 2.24) is 14.8 Å². The Bertz CT molecular complexity index is 649. The summed E-state index contributed by atoms with van der Waals surface area (Å²) in [5.41, 5.74) is 1.19. The van der Waals surface area contributed by atoms with Gasteiger partial charge in [-0.15, -0.1) is 0 Å². The van der Waals surface area contributed by atoms with Gasteiger partial charge in [-0.25, -0.2) is 8.42 Å². The first-order valence-electron chi connectivity index (χ1n) is 5.60. The van der Waals surface area contributed by atoms with Crippen LogP contribution >= 0.6 is 0 Å². The zero-order valence-corrected chi connectivity index (χ0v) is 11.1. The second kappa shape index (κ2) is 5.37. The van der Waals surface area contributed by atoms with Crippen molar-refractivity contribution in [2.24, 2.45) is 0 Å². The lowest BCUT2D eigenvalue weighted by molar-refractivity contribution is 0.269. The van der Waals surface area contributed by atoms with Gasteiger partial charge in [0.25, 0.3) is 10.0 Å². The second-order valence-electron chi connectivity index (χ2n) is 3.96. The average molecular weight is 282 g/mol. The molecule has 0 spiro atoms. The Hall–Kier alpha value is -1.93. The third-order valence-corrected chi connectivity index (χ3v) is 3.75. The molecule has 0 bridgehead atoms. The zero-order chi connectivity index (χ0) is 13.9. The van der Waals surface area contributed by atoms with Gasteiger partial charge in [0.1, 0.15) is 4.90 Å². The summed E-state index contributed by atoms with van der Waals surface area (Å²) in [5, 5.41) is 12.6. The number of hydrogen-bond acceptors (Lipinski definition) is 5. The van der Waals surface area contributed by atoms with Crippen LogP contribution in [-0.4, -0.2) is 34.9 Å². The Balaban J connectivity index is 2.19. The molecule has 102 valence electrons. The molecule has 0 saturated heterocycles. The lowest BCUT2D eigenvalue weighted by atomic mass is 10.4. The summed E-state index contributed by atoms with van der Waals surface area (Å²) in [4.78, 5) is 4.05. The first-order chi connectivity index (χ1) is 9.01. The van der Waals surface area contributed by atoms with E-state index in [2.05, 4.69) is 14.8 Å². The fraction of sp³-hybridized carbons (Fsp3) is 0.273. The van der Waals surface area contributed by atoms with Crippen molar-refractivity contribution >= 4 is 15.7 Å². The quantitative estimate of drug-likeness (QED) is 0.826. The minimum Gasteiger partial charge on any atom is -0.394 e. The van der Waals surface area contributed by atoms with Crippen molar-refractivity contribution in [3.8, 4) is 0 Å². The maximum Gasteiger partial charge on any atom is 0.265 e. The highest BCUT2D eigenvalue weighted by atomic mass is 32.2. The molecular formula is C11H14N4O3S. The zero-order valence-electron chi connectivity index (χ0n) is 10.3. The number of aliphatic hydroxyl groups excluding tert-OH is 1. The minimum absolute atomic E-state index is 0.0431. The molecule has 0 fully saturated rings. The molecule has 8 heteroatoms. The molecule has 0 unspecified atom stereocenters.